The lowest BCUT2D eigenvalue weighted by Gasteiger charge is -2.33. The Morgan fingerprint density at radius 1 is 0.917 bits per heavy atom. The number of fused-ring (bicyclic) bond motifs is 2. The van der Waals surface area contributed by atoms with Gasteiger partial charge in [-0.3, -0.25) is 9.78 Å². The van der Waals surface area contributed by atoms with E-state index in [1.807, 2.05) is 43.6 Å². The van der Waals surface area contributed by atoms with Gasteiger partial charge >= 0.3 is 0 Å². The number of likely N-dealkylation sites (N-methyl/N-ethyl adjacent to an activating group) is 1. The summed E-state index contributed by atoms with van der Waals surface area (Å²) in [6, 6.07) is 11.3. The SMILES string of the molecule is CN1CCN(c2cc(C=O)ccn2)CC1.CNc1cc2nc(-c3cnc4cc[nH]c4n3)ccc2cn1. The molecular formula is C26H27N9O. The van der Waals surface area contributed by atoms with E-state index >= 15 is 0 Å². The van der Waals surface area contributed by atoms with E-state index in [0.29, 0.717) is 5.56 Å². The molecule has 1 aliphatic heterocycles. The van der Waals surface area contributed by atoms with Gasteiger partial charge in [-0.25, -0.2) is 19.9 Å². The fraction of sp³-hybridized carbons (Fsp3) is 0.231. The molecular weight excluding hydrogens is 454 g/mol. The summed E-state index contributed by atoms with van der Waals surface area (Å²) in [5.74, 6) is 1.70. The number of H-pyrrole nitrogens is 1. The fourth-order valence-electron chi connectivity index (χ4n) is 3.96. The number of pyridine rings is 3. The number of anilines is 2. The average Bonchev–Trinajstić information content (AvgIpc) is 3.41. The molecule has 2 N–H and O–H groups in total. The first kappa shape index (κ1) is 23.3. The molecule has 10 nitrogen and oxygen atoms in total. The van der Waals surface area contributed by atoms with Crippen LogP contribution in [0.2, 0.25) is 0 Å². The number of hydrogen-bond acceptors (Lipinski definition) is 9. The van der Waals surface area contributed by atoms with Gasteiger partial charge in [0.25, 0.3) is 0 Å². The first-order chi connectivity index (χ1) is 17.6. The first-order valence-electron chi connectivity index (χ1n) is 11.7. The monoisotopic (exact) mass is 481 g/mol. The highest BCUT2D eigenvalue weighted by Crippen LogP contribution is 2.21. The molecule has 6 heterocycles. The molecule has 0 saturated carbocycles. The van der Waals surface area contributed by atoms with E-state index in [1.54, 1.807) is 24.7 Å². The van der Waals surface area contributed by atoms with Crippen LogP contribution in [-0.4, -0.2) is 81.4 Å². The Labute approximate surface area is 208 Å². The van der Waals surface area contributed by atoms with Crippen LogP contribution in [0, 0.1) is 0 Å². The zero-order chi connectivity index (χ0) is 24.9. The topological polar surface area (TPSA) is 116 Å². The molecule has 0 amide bonds. The van der Waals surface area contributed by atoms with Crippen molar-refractivity contribution in [3.63, 3.8) is 0 Å². The van der Waals surface area contributed by atoms with Gasteiger partial charge in [0.2, 0.25) is 0 Å². The van der Waals surface area contributed by atoms with Crippen molar-refractivity contribution in [2.45, 2.75) is 0 Å². The van der Waals surface area contributed by atoms with Crippen molar-refractivity contribution in [3.8, 4) is 11.4 Å². The second kappa shape index (κ2) is 10.4. The van der Waals surface area contributed by atoms with Gasteiger partial charge in [-0.05, 0) is 37.4 Å². The maximum atomic E-state index is 10.6. The Hall–Kier alpha value is -4.44. The summed E-state index contributed by atoms with van der Waals surface area (Å²) < 4.78 is 0. The minimum Gasteiger partial charge on any atom is -0.373 e. The van der Waals surface area contributed by atoms with E-state index in [9.17, 15) is 4.79 Å². The van der Waals surface area contributed by atoms with E-state index < -0.39 is 0 Å². The maximum absolute atomic E-state index is 10.6. The predicted octanol–water partition coefficient (Wildman–Crippen LogP) is 3.26. The van der Waals surface area contributed by atoms with Crippen molar-refractivity contribution in [3.05, 3.63) is 66.7 Å². The molecule has 6 rings (SSSR count). The lowest BCUT2D eigenvalue weighted by atomic mass is 10.2. The van der Waals surface area contributed by atoms with Crippen molar-refractivity contribution >= 4 is 40.0 Å². The van der Waals surface area contributed by atoms with E-state index in [1.165, 1.54) is 0 Å². The van der Waals surface area contributed by atoms with E-state index in [2.05, 4.69) is 52.1 Å². The van der Waals surface area contributed by atoms with Crippen LogP contribution in [-0.2, 0) is 0 Å². The van der Waals surface area contributed by atoms with Gasteiger partial charge in [-0.1, -0.05) is 0 Å². The van der Waals surface area contributed by atoms with Crippen LogP contribution in [0.5, 0.6) is 0 Å². The highest BCUT2D eigenvalue weighted by molar-refractivity contribution is 5.83. The number of nitrogens with one attached hydrogen (secondary N) is 2. The first-order valence-corrected chi connectivity index (χ1v) is 11.7. The molecule has 182 valence electrons. The maximum Gasteiger partial charge on any atom is 0.156 e. The van der Waals surface area contributed by atoms with Crippen molar-refractivity contribution < 1.29 is 4.79 Å². The standard InChI is InChI=1S/C15H12N6.C11H15N3O/c1-16-14-6-12-9(7-19-14)2-3-10(20-12)13-8-18-11-4-5-17-15(11)21-13;1-13-4-6-14(7-5-13)11-8-10(9-15)2-3-12-11/h2-8H,1H3,(H,16,19)(H,17,21);2-3,8-9H,4-7H2,1H3. The number of piperazine rings is 1. The Kier molecular flexibility index (Phi) is 6.76. The summed E-state index contributed by atoms with van der Waals surface area (Å²) in [5.41, 5.74) is 4.72. The highest BCUT2D eigenvalue weighted by atomic mass is 16.1. The Balaban J connectivity index is 0.000000157. The predicted molar refractivity (Wildman–Crippen MR) is 141 cm³/mol. The molecule has 0 aliphatic carbocycles. The van der Waals surface area contributed by atoms with Gasteiger partial charge in [-0.2, -0.15) is 0 Å². The molecule has 0 bridgehead atoms. The van der Waals surface area contributed by atoms with Crippen molar-refractivity contribution in [1.82, 2.24) is 34.8 Å². The third-order valence-corrected chi connectivity index (χ3v) is 6.09. The zero-order valence-corrected chi connectivity index (χ0v) is 20.2. The summed E-state index contributed by atoms with van der Waals surface area (Å²) in [4.78, 5) is 40.3. The Morgan fingerprint density at radius 3 is 2.58 bits per heavy atom. The largest absolute Gasteiger partial charge is 0.373 e. The van der Waals surface area contributed by atoms with Gasteiger partial charge in [0, 0.05) is 68.8 Å². The second-order valence-corrected chi connectivity index (χ2v) is 8.53. The van der Waals surface area contributed by atoms with E-state index in [-0.39, 0.29) is 0 Å². The lowest BCUT2D eigenvalue weighted by Crippen LogP contribution is -2.44. The average molecular weight is 482 g/mol. The third kappa shape index (κ3) is 5.13. The van der Waals surface area contributed by atoms with Crippen LogP contribution in [0.25, 0.3) is 33.5 Å². The lowest BCUT2D eigenvalue weighted by molar-refractivity contribution is 0.112. The molecule has 0 unspecified atom stereocenters. The number of rotatable bonds is 4. The molecule has 0 atom stereocenters. The van der Waals surface area contributed by atoms with Crippen LogP contribution in [0.15, 0.2) is 61.2 Å². The number of hydrogen-bond donors (Lipinski definition) is 2. The number of nitrogens with zero attached hydrogens (tertiary/aromatic N) is 7. The normalized spacial score (nSPS) is 13.9. The zero-order valence-electron chi connectivity index (χ0n) is 20.2. The molecule has 10 heteroatoms. The number of carbonyl (C=O) groups excluding carboxylic acids is 1. The molecule has 36 heavy (non-hydrogen) atoms. The molecule has 0 spiro atoms. The molecule has 1 saturated heterocycles. The van der Waals surface area contributed by atoms with Crippen LogP contribution in [0.1, 0.15) is 10.4 Å². The second-order valence-electron chi connectivity index (χ2n) is 8.53. The van der Waals surface area contributed by atoms with Crippen LogP contribution in [0.3, 0.4) is 0 Å². The van der Waals surface area contributed by atoms with Crippen LogP contribution in [0.4, 0.5) is 11.6 Å². The number of aromatic amines is 1. The van der Waals surface area contributed by atoms with Gasteiger partial charge in [-0.15, -0.1) is 0 Å². The molecule has 1 aliphatic rings. The summed E-state index contributed by atoms with van der Waals surface area (Å²) in [6.07, 6.45) is 7.92. The number of aldehydes is 1. The summed E-state index contributed by atoms with van der Waals surface area (Å²) in [7, 11) is 3.95. The van der Waals surface area contributed by atoms with Crippen LogP contribution >= 0.6 is 0 Å². The minimum absolute atomic E-state index is 0.693. The third-order valence-electron chi connectivity index (χ3n) is 6.09. The molecule has 5 aromatic rings. The van der Waals surface area contributed by atoms with Crippen LogP contribution < -0.4 is 10.2 Å². The quantitative estimate of drug-likeness (QED) is 0.373. The molecule has 0 radical (unpaired) electrons. The van der Waals surface area contributed by atoms with E-state index in [0.717, 1.165) is 77.6 Å². The van der Waals surface area contributed by atoms with Crippen molar-refractivity contribution in [1.29, 1.82) is 0 Å². The van der Waals surface area contributed by atoms with Crippen molar-refractivity contribution in [2.75, 3.05) is 50.5 Å². The molecule has 1 fully saturated rings. The van der Waals surface area contributed by atoms with Gasteiger partial charge in [0.15, 0.2) is 5.65 Å². The smallest absolute Gasteiger partial charge is 0.156 e. The summed E-state index contributed by atoms with van der Waals surface area (Å²) in [5, 5.41) is 4.01. The summed E-state index contributed by atoms with van der Waals surface area (Å²) >= 11 is 0. The van der Waals surface area contributed by atoms with E-state index in [4.69, 9.17) is 0 Å². The Morgan fingerprint density at radius 2 is 1.78 bits per heavy atom. The van der Waals surface area contributed by atoms with Crippen molar-refractivity contribution in [2.24, 2.45) is 0 Å². The van der Waals surface area contributed by atoms with Gasteiger partial charge in [0.05, 0.1) is 17.4 Å². The number of aromatic nitrogens is 6. The minimum atomic E-state index is 0.693. The summed E-state index contributed by atoms with van der Waals surface area (Å²) in [6.45, 7) is 4.05. The Bertz CT molecular complexity index is 1490. The molecule has 5 aromatic heterocycles. The van der Waals surface area contributed by atoms with Gasteiger partial charge < -0.3 is 20.1 Å². The van der Waals surface area contributed by atoms with Gasteiger partial charge in [0.1, 0.15) is 29.1 Å². The highest BCUT2D eigenvalue weighted by Gasteiger charge is 2.15. The number of carbonyl (C=O) groups is 1. The molecule has 0 aromatic carbocycles. The fourth-order valence-corrected chi connectivity index (χ4v) is 3.96.